The topological polar surface area (TPSA) is 78.9 Å². The van der Waals surface area contributed by atoms with Crippen LogP contribution in [0.5, 0.6) is 0 Å². The Morgan fingerprint density at radius 3 is 2.75 bits per heavy atom. The highest BCUT2D eigenvalue weighted by molar-refractivity contribution is 6.30. The summed E-state index contributed by atoms with van der Waals surface area (Å²) in [5, 5.41) is 12.1. The molecule has 3 N–H and O–H groups in total. The standard InChI is InChI=1S/C15H12ClN3O/c16-12-3-1-2-10(6-12)8-15(20)19-14-5-4-11(9-17)7-13(14)18/h1-7H,8,18H2,(H,19,20). The van der Waals surface area contributed by atoms with Crippen molar-refractivity contribution < 1.29 is 4.79 Å². The molecule has 2 aromatic rings. The third-order valence-electron chi connectivity index (χ3n) is 2.71. The van der Waals surface area contributed by atoms with Crippen LogP contribution in [0.25, 0.3) is 0 Å². The van der Waals surface area contributed by atoms with Crippen LogP contribution in [-0.4, -0.2) is 5.91 Å². The van der Waals surface area contributed by atoms with Gasteiger partial charge in [-0.05, 0) is 35.9 Å². The molecule has 0 saturated carbocycles. The zero-order chi connectivity index (χ0) is 14.5. The van der Waals surface area contributed by atoms with Crippen molar-refractivity contribution in [2.24, 2.45) is 0 Å². The smallest absolute Gasteiger partial charge is 0.228 e. The van der Waals surface area contributed by atoms with Crippen LogP contribution < -0.4 is 11.1 Å². The van der Waals surface area contributed by atoms with Crippen LogP contribution in [0.4, 0.5) is 11.4 Å². The van der Waals surface area contributed by atoms with Gasteiger partial charge in [0.05, 0.1) is 29.4 Å². The Kier molecular flexibility index (Phi) is 4.24. The molecule has 1 amide bonds. The fourth-order valence-electron chi connectivity index (χ4n) is 1.77. The maximum atomic E-state index is 11.9. The van der Waals surface area contributed by atoms with E-state index in [1.54, 1.807) is 30.3 Å². The molecular formula is C15H12ClN3O. The largest absolute Gasteiger partial charge is 0.397 e. The zero-order valence-electron chi connectivity index (χ0n) is 10.6. The molecule has 0 unspecified atom stereocenters. The van der Waals surface area contributed by atoms with Crippen molar-refractivity contribution in [1.29, 1.82) is 5.26 Å². The summed E-state index contributed by atoms with van der Waals surface area (Å²) in [6.07, 6.45) is 0.208. The van der Waals surface area contributed by atoms with E-state index in [4.69, 9.17) is 22.6 Å². The molecule has 0 aliphatic carbocycles. The first-order chi connectivity index (χ1) is 9.58. The summed E-state index contributed by atoms with van der Waals surface area (Å²) in [5.74, 6) is -0.191. The van der Waals surface area contributed by atoms with Gasteiger partial charge in [-0.25, -0.2) is 0 Å². The minimum Gasteiger partial charge on any atom is -0.397 e. The molecule has 100 valence electrons. The van der Waals surface area contributed by atoms with Crippen molar-refractivity contribution >= 4 is 28.9 Å². The fourth-order valence-corrected chi connectivity index (χ4v) is 1.99. The van der Waals surface area contributed by atoms with Crippen LogP contribution in [0, 0.1) is 11.3 Å². The number of nitrogens with zero attached hydrogens (tertiary/aromatic N) is 1. The molecule has 2 aromatic carbocycles. The van der Waals surface area contributed by atoms with E-state index in [0.29, 0.717) is 22.0 Å². The van der Waals surface area contributed by atoms with E-state index in [-0.39, 0.29) is 12.3 Å². The highest BCUT2D eigenvalue weighted by atomic mass is 35.5. The second-order valence-corrected chi connectivity index (χ2v) is 4.71. The molecule has 0 saturated heterocycles. The van der Waals surface area contributed by atoms with Crippen LogP contribution in [-0.2, 0) is 11.2 Å². The molecule has 0 heterocycles. The predicted octanol–water partition coefficient (Wildman–Crippen LogP) is 2.98. The number of carbonyl (C=O) groups excluding carboxylic acids is 1. The van der Waals surface area contributed by atoms with Gasteiger partial charge in [0, 0.05) is 5.02 Å². The summed E-state index contributed by atoms with van der Waals surface area (Å²) in [7, 11) is 0. The normalized spacial score (nSPS) is 9.80. The number of halogens is 1. The van der Waals surface area contributed by atoms with Crippen molar-refractivity contribution in [3.63, 3.8) is 0 Å². The van der Waals surface area contributed by atoms with Gasteiger partial charge in [0.1, 0.15) is 0 Å². The van der Waals surface area contributed by atoms with E-state index in [1.807, 2.05) is 12.1 Å². The molecule has 0 aromatic heterocycles. The number of anilines is 2. The summed E-state index contributed by atoms with van der Waals surface area (Å²) in [5.41, 5.74) is 7.91. The average molecular weight is 286 g/mol. The van der Waals surface area contributed by atoms with Gasteiger partial charge in [0.2, 0.25) is 5.91 Å². The van der Waals surface area contributed by atoms with E-state index in [1.165, 1.54) is 6.07 Å². The van der Waals surface area contributed by atoms with E-state index in [9.17, 15) is 4.79 Å². The maximum Gasteiger partial charge on any atom is 0.228 e. The van der Waals surface area contributed by atoms with Gasteiger partial charge in [-0.2, -0.15) is 5.26 Å². The first-order valence-corrected chi connectivity index (χ1v) is 6.30. The van der Waals surface area contributed by atoms with Crippen molar-refractivity contribution in [2.75, 3.05) is 11.1 Å². The van der Waals surface area contributed by atoms with E-state index in [2.05, 4.69) is 5.32 Å². The van der Waals surface area contributed by atoms with Gasteiger partial charge < -0.3 is 11.1 Å². The molecule has 0 fully saturated rings. The highest BCUT2D eigenvalue weighted by Gasteiger charge is 2.07. The van der Waals surface area contributed by atoms with E-state index in [0.717, 1.165) is 5.56 Å². The molecule has 0 spiro atoms. The zero-order valence-corrected chi connectivity index (χ0v) is 11.3. The summed E-state index contributed by atoms with van der Waals surface area (Å²) in [6, 6.07) is 13.8. The number of amides is 1. The lowest BCUT2D eigenvalue weighted by molar-refractivity contribution is -0.115. The van der Waals surface area contributed by atoms with Crippen molar-refractivity contribution in [3.8, 4) is 6.07 Å². The van der Waals surface area contributed by atoms with Gasteiger partial charge in [-0.1, -0.05) is 23.7 Å². The molecule has 2 rings (SSSR count). The quantitative estimate of drug-likeness (QED) is 0.851. The Labute approximate surface area is 121 Å². The number of hydrogen-bond acceptors (Lipinski definition) is 3. The molecule has 4 nitrogen and oxygen atoms in total. The Balaban J connectivity index is 2.07. The maximum absolute atomic E-state index is 11.9. The Morgan fingerprint density at radius 1 is 1.30 bits per heavy atom. The molecule has 20 heavy (non-hydrogen) atoms. The summed E-state index contributed by atoms with van der Waals surface area (Å²) >= 11 is 5.86. The summed E-state index contributed by atoms with van der Waals surface area (Å²) < 4.78 is 0. The third-order valence-corrected chi connectivity index (χ3v) is 2.94. The molecule has 0 bridgehead atoms. The lowest BCUT2D eigenvalue weighted by Gasteiger charge is -2.08. The SMILES string of the molecule is N#Cc1ccc(NC(=O)Cc2cccc(Cl)c2)c(N)c1. The van der Waals surface area contributed by atoms with Crippen molar-refractivity contribution in [1.82, 2.24) is 0 Å². The minimum atomic E-state index is -0.191. The number of nitrogens with one attached hydrogen (secondary N) is 1. The predicted molar refractivity (Wildman–Crippen MR) is 79.4 cm³/mol. The van der Waals surface area contributed by atoms with Gasteiger partial charge >= 0.3 is 0 Å². The number of nitrogens with two attached hydrogens (primary N) is 1. The highest BCUT2D eigenvalue weighted by Crippen LogP contribution is 2.20. The van der Waals surface area contributed by atoms with Gasteiger partial charge in [-0.15, -0.1) is 0 Å². The van der Waals surface area contributed by atoms with Gasteiger partial charge in [0.15, 0.2) is 0 Å². The Morgan fingerprint density at radius 2 is 2.10 bits per heavy atom. The molecule has 0 radical (unpaired) electrons. The number of rotatable bonds is 3. The number of benzene rings is 2. The molecular weight excluding hydrogens is 274 g/mol. The van der Waals surface area contributed by atoms with Gasteiger partial charge in [-0.3, -0.25) is 4.79 Å². The fraction of sp³-hybridized carbons (Fsp3) is 0.0667. The number of hydrogen-bond donors (Lipinski definition) is 2. The number of nitrogen functional groups attached to an aromatic ring is 1. The first kappa shape index (κ1) is 13.9. The Hall–Kier alpha value is -2.51. The summed E-state index contributed by atoms with van der Waals surface area (Å²) in [4.78, 5) is 11.9. The van der Waals surface area contributed by atoms with Crippen LogP contribution in [0.15, 0.2) is 42.5 Å². The van der Waals surface area contributed by atoms with E-state index >= 15 is 0 Å². The average Bonchev–Trinajstić information content (AvgIpc) is 2.41. The first-order valence-electron chi connectivity index (χ1n) is 5.92. The lowest BCUT2D eigenvalue weighted by atomic mass is 10.1. The number of nitriles is 1. The van der Waals surface area contributed by atoms with Crippen LogP contribution in [0.1, 0.15) is 11.1 Å². The minimum absolute atomic E-state index is 0.191. The van der Waals surface area contributed by atoms with Crippen LogP contribution in [0.2, 0.25) is 5.02 Å². The molecule has 5 heteroatoms. The van der Waals surface area contributed by atoms with Crippen LogP contribution in [0.3, 0.4) is 0 Å². The molecule has 0 aliphatic heterocycles. The number of carbonyl (C=O) groups is 1. The Bertz CT molecular complexity index is 692. The lowest BCUT2D eigenvalue weighted by Crippen LogP contribution is -2.15. The van der Waals surface area contributed by atoms with Crippen LogP contribution >= 0.6 is 11.6 Å². The molecule has 0 aliphatic rings. The molecule has 0 atom stereocenters. The van der Waals surface area contributed by atoms with Crippen molar-refractivity contribution in [2.45, 2.75) is 6.42 Å². The van der Waals surface area contributed by atoms with Gasteiger partial charge in [0.25, 0.3) is 0 Å². The third kappa shape index (κ3) is 3.50. The second kappa shape index (κ2) is 6.09. The summed E-state index contributed by atoms with van der Waals surface area (Å²) in [6.45, 7) is 0. The van der Waals surface area contributed by atoms with Crippen molar-refractivity contribution in [3.05, 3.63) is 58.6 Å². The monoisotopic (exact) mass is 285 g/mol. The van der Waals surface area contributed by atoms with E-state index < -0.39 is 0 Å². The second-order valence-electron chi connectivity index (χ2n) is 4.27.